The molecule has 30 heavy (non-hydrogen) atoms. The second kappa shape index (κ2) is 7.59. The van der Waals surface area contributed by atoms with Crippen LogP contribution in [0.1, 0.15) is 31.7 Å². The Hall–Kier alpha value is -2.02. The zero-order valence-electron chi connectivity index (χ0n) is 16.9. The largest absolute Gasteiger partial charge is 0.295 e. The minimum absolute atomic E-state index is 0.0353. The highest BCUT2D eigenvalue weighted by Crippen LogP contribution is 2.57. The fourth-order valence-electron chi connectivity index (χ4n) is 4.77. The predicted octanol–water partition coefficient (Wildman–Crippen LogP) is 4.45. The van der Waals surface area contributed by atoms with Crippen molar-refractivity contribution in [1.82, 2.24) is 4.90 Å². The number of thioether (sulfide) groups is 1. The summed E-state index contributed by atoms with van der Waals surface area (Å²) in [6.07, 6.45) is 3.57. The molecule has 2 aromatic rings. The van der Waals surface area contributed by atoms with Crippen molar-refractivity contribution in [2.24, 2.45) is 0 Å². The number of para-hydroxylation sites is 1. The number of carbonyl (C=O) groups is 2. The first-order valence-electron chi connectivity index (χ1n) is 10.4. The lowest BCUT2D eigenvalue weighted by Gasteiger charge is -2.35. The lowest BCUT2D eigenvalue weighted by atomic mass is 10.0. The molecule has 2 saturated heterocycles. The van der Waals surface area contributed by atoms with Crippen LogP contribution in [0.3, 0.4) is 0 Å². The second-order valence-corrected chi connectivity index (χ2v) is 10.1. The molecule has 0 radical (unpaired) electrons. The van der Waals surface area contributed by atoms with E-state index in [0.29, 0.717) is 17.4 Å². The summed E-state index contributed by atoms with van der Waals surface area (Å²) < 4.78 is 0. The average molecular weight is 442 g/mol. The fraction of sp³-hybridized carbons (Fsp3) is 0.391. The Balaban J connectivity index is 1.61. The summed E-state index contributed by atoms with van der Waals surface area (Å²) >= 11 is 7.53. The van der Waals surface area contributed by atoms with Gasteiger partial charge >= 0.3 is 0 Å². The number of anilines is 2. The van der Waals surface area contributed by atoms with Crippen LogP contribution in [0, 0.1) is 0 Å². The van der Waals surface area contributed by atoms with Gasteiger partial charge in [-0.2, -0.15) is 0 Å². The van der Waals surface area contributed by atoms with Crippen molar-refractivity contribution in [3.63, 3.8) is 0 Å². The molecule has 3 aliphatic heterocycles. The molecule has 0 unspecified atom stereocenters. The highest BCUT2D eigenvalue weighted by Gasteiger charge is 2.63. The van der Waals surface area contributed by atoms with Crippen molar-refractivity contribution in [3.05, 3.63) is 59.1 Å². The van der Waals surface area contributed by atoms with E-state index in [1.807, 2.05) is 48.2 Å². The molecule has 0 bridgehead atoms. The lowest BCUT2D eigenvalue weighted by molar-refractivity contribution is -0.124. The monoisotopic (exact) mass is 441 g/mol. The van der Waals surface area contributed by atoms with Gasteiger partial charge in [0.1, 0.15) is 0 Å². The summed E-state index contributed by atoms with van der Waals surface area (Å²) in [6, 6.07) is 15.1. The van der Waals surface area contributed by atoms with E-state index < -0.39 is 4.87 Å². The summed E-state index contributed by atoms with van der Waals surface area (Å²) in [5.74, 6) is -0.0859. The Bertz CT molecular complexity index is 992. The van der Waals surface area contributed by atoms with Gasteiger partial charge < -0.3 is 0 Å². The van der Waals surface area contributed by atoms with Gasteiger partial charge in [0.15, 0.2) is 0 Å². The zero-order valence-corrected chi connectivity index (χ0v) is 18.5. The third-order valence-corrected chi connectivity index (χ3v) is 7.93. The molecule has 5 nitrogen and oxygen atoms in total. The van der Waals surface area contributed by atoms with Crippen LogP contribution in [0.25, 0.3) is 0 Å². The highest BCUT2D eigenvalue weighted by atomic mass is 35.5. The molecule has 0 aromatic heterocycles. The molecule has 2 atom stereocenters. The van der Waals surface area contributed by atoms with Crippen LogP contribution in [0.5, 0.6) is 0 Å². The van der Waals surface area contributed by atoms with Gasteiger partial charge in [-0.25, -0.2) is 0 Å². The van der Waals surface area contributed by atoms with Crippen molar-refractivity contribution in [3.8, 4) is 0 Å². The molecule has 7 heteroatoms. The molecule has 0 aliphatic carbocycles. The van der Waals surface area contributed by atoms with Crippen molar-refractivity contribution < 1.29 is 9.59 Å². The number of rotatable bonds is 3. The molecule has 3 aliphatic rings. The van der Waals surface area contributed by atoms with Gasteiger partial charge in [0.25, 0.3) is 5.91 Å². The number of hydrogen-bond donors (Lipinski definition) is 0. The number of benzene rings is 2. The second-order valence-electron chi connectivity index (χ2n) is 8.12. The smallest absolute Gasteiger partial charge is 0.269 e. The maximum Gasteiger partial charge on any atom is 0.269 e. The summed E-state index contributed by atoms with van der Waals surface area (Å²) in [5, 5.41) is 0.289. The van der Waals surface area contributed by atoms with Gasteiger partial charge in [-0.1, -0.05) is 36.2 Å². The standard InChI is InChI=1S/C23H24ClN3O2S/c1-16-21(28)27(18-11-9-17(24)10-12-18)23(30-16)19-7-3-4-8-20(19)26(22(23)29)15-25-13-5-2-6-14-25/h3-4,7-12,16H,2,5-6,13-15H2,1H3/t16-,23-/m0/s1. The van der Waals surface area contributed by atoms with E-state index in [-0.39, 0.29) is 17.1 Å². The van der Waals surface area contributed by atoms with E-state index in [1.54, 1.807) is 17.0 Å². The maximum atomic E-state index is 14.1. The number of amides is 2. The summed E-state index contributed by atoms with van der Waals surface area (Å²) in [4.78, 5) is 32.2. The topological polar surface area (TPSA) is 43.9 Å². The Kier molecular flexibility index (Phi) is 5.04. The van der Waals surface area contributed by atoms with Crippen molar-refractivity contribution in [2.75, 3.05) is 29.6 Å². The first kappa shape index (κ1) is 19.9. The SMILES string of the molecule is C[C@@H]1S[C@@]2(C(=O)N(CN3CCCCC3)c3ccccc32)N(c2ccc(Cl)cc2)C1=O. The Morgan fingerprint density at radius 3 is 2.47 bits per heavy atom. The lowest BCUT2D eigenvalue weighted by Crippen LogP contribution is -2.52. The van der Waals surface area contributed by atoms with E-state index in [4.69, 9.17) is 11.6 Å². The highest BCUT2D eigenvalue weighted by molar-refractivity contribution is 8.03. The minimum Gasteiger partial charge on any atom is -0.295 e. The third kappa shape index (κ3) is 2.96. The normalized spacial score (nSPS) is 26.7. The van der Waals surface area contributed by atoms with Gasteiger partial charge in [-0.3, -0.25) is 24.3 Å². The van der Waals surface area contributed by atoms with E-state index in [1.165, 1.54) is 18.2 Å². The molecular formula is C23H24ClN3O2S. The summed E-state index contributed by atoms with van der Waals surface area (Å²) in [5.41, 5.74) is 2.50. The quantitative estimate of drug-likeness (QED) is 0.705. The number of likely N-dealkylation sites (tertiary alicyclic amines) is 1. The van der Waals surface area contributed by atoms with Crippen LogP contribution in [0.2, 0.25) is 5.02 Å². The van der Waals surface area contributed by atoms with Crippen molar-refractivity contribution >= 4 is 46.6 Å². The number of carbonyl (C=O) groups excluding carboxylic acids is 2. The number of nitrogens with zero attached hydrogens (tertiary/aromatic N) is 3. The summed E-state index contributed by atoms with van der Waals surface area (Å²) in [7, 11) is 0. The molecular weight excluding hydrogens is 418 g/mol. The van der Waals surface area contributed by atoms with Gasteiger partial charge in [0, 0.05) is 16.3 Å². The van der Waals surface area contributed by atoms with E-state index in [0.717, 1.165) is 37.2 Å². The van der Waals surface area contributed by atoms with E-state index in [2.05, 4.69) is 4.90 Å². The van der Waals surface area contributed by atoms with Crippen LogP contribution in [0.15, 0.2) is 48.5 Å². The van der Waals surface area contributed by atoms with Crippen LogP contribution in [-0.2, 0) is 14.5 Å². The average Bonchev–Trinajstić information content (AvgIpc) is 3.16. The Morgan fingerprint density at radius 1 is 1.03 bits per heavy atom. The Labute approximate surface area is 186 Å². The number of halogens is 1. The van der Waals surface area contributed by atoms with Crippen LogP contribution < -0.4 is 9.80 Å². The molecule has 0 N–H and O–H groups in total. The number of piperidine rings is 1. The van der Waals surface area contributed by atoms with Gasteiger partial charge in [0.2, 0.25) is 10.8 Å². The molecule has 2 aromatic carbocycles. The van der Waals surface area contributed by atoms with E-state index in [9.17, 15) is 9.59 Å². The Morgan fingerprint density at radius 2 is 1.73 bits per heavy atom. The van der Waals surface area contributed by atoms with Crippen LogP contribution >= 0.6 is 23.4 Å². The van der Waals surface area contributed by atoms with Crippen LogP contribution in [0.4, 0.5) is 11.4 Å². The first-order valence-corrected chi connectivity index (χ1v) is 11.7. The van der Waals surface area contributed by atoms with E-state index >= 15 is 0 Å². The molecule has 1 spiro atoms. The number of fused-ring (bicyclic) bond motifs is 2. The molecule has 3 heterocycles. The first-order chi connectivity index (χ1) is 14.5. The van der Waals surface area contributed by atoms with Crippen molar-refractivity contribution in [2.45, 2.75) is 36.3 Å². The molecule has 156 valence electrons. The zero-order chi connectivity index (χ0) is 20.9. The van der Waals surface area contributed by atoms with Crippen molar-refractivity contribution in [1.29, 1.82) is 0 Å². The van der Waals surface area contributed by atoms with Gasteiger partial charge in [0.05, 0.1) is 17.6 Å². The predicted molar refractivity (Wildman–Crippen MR) is 122 cm³/mol. The molecule has 5 rings (SSSR count). The fourth-order valence-corrected chi connectivity index (χ4v) is 6.42. The maximum absolute atomic E-state index is 14.1. The molecule has 2 fully saturated rings. The molecule has 0 saturated carbocycles. The van der Waals surface area contributed by atoms with Gasteiger partial charge in [-0.15, -0.1) is 11.8 Å². The molecule has 2 amide bonds. The minimum atomic E-state index is -1.07. The van der Waals surface area contributed by atoms with Crippen LogP contribution in [-0.4, -0.2) is 41.7 Å². The number of hydrogen-bond acceptors (Lipinski definition) is 4. The third-order valence-electron chi connectivity index (χ3n) is 6.20. The van der Waals surface area contributed by atoms with Gasteiger partial charge in [-0.05, 0) is 63.2 Å². The summed E-state index contributed by atoms with van der Waals surface area (Å²) in [6.45, 7) is 4.45.